The molecule has 0 fully saturated rings. The third kappa shape index (κ3) is 1.78. The molecule has 0 saturated heterocycles. The first-order chi connectivity index (χ1) is 5.61. The lowest BCUT2D eigenvalue weighted by Crippen LogP contribution is -2.03. The van der Waals surface area contributed by atoms with Gasteiger partial charge in [-0.05, 0) is 18.6 Å². The normalized spacial score (nSPS) is 9.83. The Morgan fingerprint density at radius 2 is 2.42 bits per heavy atom. The standard InChI is InChI=1S/C8H8FNO2/c1-5-6(4-7(11)12)2-3-10-8(5)9/h2-3H,4H2,1H3,(H,11,12). The van der Waals surface area contributed by atoms with Gasteiger partial charge in [-0.3, -0.25) is 4.79 Å². The number of carbonyl (C=O) groups is 1. The summed E-state index contributed by atoms with van der Waals surface area (Å²) in [4.78, 5) is 13.7. The van der Waals surface area contributed by atoms with Gasteiger partial charge in [-0.1, -0.05) is 0 Å². The van der Waals surface area contributed by atoms with Crippen LogP contribution in [-0.4, -0.2) is 16.1 Å². The molecule has 1 rings (SSSR count). The first-order valence-corrected chi connectivity index (χ1v) is 3.43. The predicted octanol–water partition coefficient (Wildman–Crippen LogP) is 1.16. The molecule has 4 heteroatoms. The molecule has 3 nitrogen and oxygen atoms in total. The highest BCUT2D eigenvalue weighted by molar-refractivity contribution is 5.70. The average molecular weight is 169 g/mol. The number of aliphatic carboxylic acids is 1. The highest BCUT2D eigenvalue weighted by Crippen LogP contribution is 2.09. The lowest BCUT2D eigenvalue weighted by Gasteiger charge is -2.01. The van der Waals surface area contributed by atoms with Crippen LogP contribution in [0.15, 0.2) is 12.3 Å². The molecule has 1 aromatic rings. The number of nitrogens with zero attached hydrogens (tertiary/aromatic N) is 1. The summed E-state index contributed by atoms with van der Waals surface area (Å²) in [5.41, 5.74) is 0.773. The molecule has 1 N–H and O–H groups in total. The first kappa shape index (κ1) is 8.64. The summed E-state index contributed by atoms with van der Waals surface area (Å²) in [6.07, 6.45) is 1.10. The van der Waals surface area contributed by atoms with E-state index in [0.29, 0.717) is 11.1 Å². The number of aromatic nitrogens is 1. The summed E-state index contributed by atoms with van der Waals surface area (Å²) in [5.74, 6) is -1.57. The summed E-state index contributed by atoms with van der Waals surface area (Å²) >= 11 is 0. The summed E-state index contributed by atoms with van der Waals surface area (Å²) in [6.45, 7) is 1.51. The molecule has 0 unspecified atom stereocenters. The van der Waals surface area contributed by atoms with Crippen molar-refractivity contribution in [2.45, 2.75) is 13.3 Å². The fraction of sp³-hybridized carbons (Fsp3) is 0.250. The van der Waals surface area contributed by atoms with Gasteiger partial charge in [0.1, 0.15) is 0 Å². The van der Waals surface area contributed by atoms with Crippen LogP contribution in [-0.2, 0) is 11.2 Å². The number of hydrogen-bond acceptors (Lipinski definition) is 2. The molecule has 0 aliphatic rings. The molecular weight excluding hydrogens is 161 g/mol. The van der Waals surface area contributed by atoms with Crippen molar-refractivity contribution < 1.29 is 14.3 Å². The summed E-state index contributed by atoms with van der Waals surface area (Å²) < 4.78 is 12.7. The van der Waals surface area contributed by atoms with E-state index in [1.165, 1.54) is 19.2 Å². The second-order valence-electron chi connectivity index (χ2n) is 2.46. The van der Waals surface area contributed by atoms with Gasteiger partial charge in [0.15, 0.2) is 0 Å². The molecule has 0 bridgehead atoms. The monoisotopic (exact) mass is 169 g/mol. The maximum Gasteiger partial charge on any atom is 0.307 e. The van der Waals surface area contributed by atoms with E-state index < -0.39 is 11.9 Å². The van der Waals surface area contributed by atoms with Crippen molar-refractivity contribution in [2.75, 3.05) is 0 Å². The van der Waals surface area contributed by atoms with E-state index in [-0.39, 0.29) is 6.42 Å². The van der Waals surface area contributed by atoms with Gasteiger partial charge in [-0.15, -0.1) is 0 Å². The topological polar surface area (TPSA) is 50.2 Å². The van der Waals surface area contributed by atoms with Crippen molar-refractivity contribution in [3.63, 3.8) is 0 Å². The minimum absolute atomic E-state index is 0.161. The smallest absolute Gasteiger partial charge is 0.307 e. The SMILES string of the molecule is Cc1c(CC(=O)O)ccnc1F. The van der Waals surface area contributed by atoms with Crippen molar-refractivity contribution in [2.24, 2.45) is 0 Å². The van der Waals surface area contributed by atoms with Gasteiger partial charge >= 0.3 is 5.97 Å². The van der Waals surface area contributed by atoms with Crippen LogP contribution in [0.1, 0.15) is 11.1 Å². The zero-order valence-electron chi connectivity index (χ0n) is 6.54. The van der Waals surface area contributed by atoms with Gasteiger partial charge in [0.25, 0.3) is 0 Å². The Kier molecular flexibility index (Phi) is 2.38. The molecular formula is C8H8FNO2. The number of hydrogen-bond donors (Lipinski definition) is 1. The molecule has 0 aliphatic heterocycles. The van der Waals surface area contributed by atoms with Crippen molar-refractivity contribution in [1.82, 2.24) is 4.98 Å². The van der Waals surface area contributed by atoms with Crippen molar-refractivity contribution >= 4 is 5.97 Å². The molecule has 0 amide bonds. The Balaban J connectivity index is 3.00. The Bertz CT molecular complexity index is 312. The van der Waals surface area contributed by atoms with Crippen LogP contribution in [0.4, 0.5) is 4.39 Å². The molecule has 1 aromatic heterocycles. The van der Waals surface area contributed by atoms with E-state index in [4.69, 9.17) is 5.11 Å². The van der Waals surface area contributed by atoms with E-state index in [1.807, 2.05) is 0 Å². The maximum atomic E-state index is 12.7. The fourth-order valence-electron chi connectivity index (χ4n) is 0.901. The Morgan fingerprint density at radius 1 is 1.75 bits per heavy atom. The maximum absolute atomic E-state index is 12.7. The van der Waals surface area contributed by atoms with Crippen molar-refractivity contribution in [3.8, 4) is 0 Å². The molecule has 12 heavy (non-hydrogen) atoms. The number of carboxylic acids is 1. The van der Waals surface area contributed by atoms with Crippen LogP contribution in [0, 0.1) is 12.9 Å². The fourth-order valence-corrected chi connectivity index (χ4v) is 0.901. The number of rotatable bonds is 2. The van der Waals surface area contributed by atoms with Gasteiger partial charge in [-0.25, -0.2) is 4.98 Å². The molecule has 0 saturated carbocycles. The highest BCUT2D eigenvalue weighted by Gasteiger charge is 2.07. The largest absolute Gasteiger partial charge is 0.481 e. The van der Waals surface area contributed by atoms with Gasteiger partial charge in [0, 0.05) is 11.8 Å². The zero-order chi connectivity index (χ0) is 9.14. The molecule has 0 spiro atoms. The molecule has 0 aliphatic carbocycles. The van der Waals surface area contributed by atoms with Crippen LogP contribution >= 0.6 is 0 Å². The van der Waals surface area contributed by atoms with E-state index in [1.54, 1.807) is 0 Å². The quantitative estimate of drug-likeness (QED) is 0.676. The average Bonchev–Trinajstić information content (AvgIpc) is 1.98. The van der Waals surface area contributed by atoms with Crippen LogP contribution in [0.3, 0.4) is 0 Å². The van der Waals surface area contributed by atoms with Crippen molar-refractivity contribution in [3.05, 3.63) is 29.3 Å². The van der Waals surface area contributed by atoms with E-state index in [9.17, 15) is 9.18 Å². The Morgan fingerprint density at radius 3 is 3.00 bits per heavy atom. The summed E-state index contributed by atoms with van der Waals surface area (Å²) in [5, 5.41) is 8.44. The first-order valence-electron chi connectivity index (χ1n) is 3.43. The minimum atomic E-state index is -0.969. The van der Waals surface area contributed by atoms with Crippen LogP contribution in [0.2, 0.25) is 0 Å². The Hall–Kier alpha value is -1.45. The lowest BCUT2D eigenvalue weighted by molar-refractivity contribution is -0.136. The van der Waals surface area contributed by atoms with Gasteiger partial charge < -0.3 is 5.11 Å². The van der Waals surface area contributed by atoms with E-state index in [0.717, 1.165) is 0 Å². The van der Waals surface area contributed by atoms with E-state index in [2.05, 4.69) is 4.98 Å². The van der Waals surface area contributed by atoms with Gasteiger partial charge in [0.05, 0.1) is 6.42 Å². The van der Waals surface area contributed by atoms with Crippen molar-refractivity contribution in [1.29, 1.82) is 0 Å². The summed E-state index contributed by atoms with van der Waals surface area (Å²) in [7, 11) is 0. The summed E-state index contributed by atoms with van der Waals surface area (Å²) in [6, 6.07) is 1.51. The lowest BCUT2D eigenvalue weighted by atomic mass is 10.1. The van der Waals surface area contributed by atoms with E-state index >= 15 is 0 Å². The molecule has 0 radical (unpaired) electrons. The van der Waals surface area contributed by atoms with Crippen LogP contribution in [0.25, 0.3) is 0 Å². The van der Waals surface area contributed by atoms with Crippen LogP contribution < -0.4 is 0 Å². The molecule has 0 atom stereocenters. The number of carboxylic acid groups (broad SMARTS) is 1. The molecule has 64 valence electrons. The second kappa shape index (κ2) is 3.30. The predicted molar refractivity (Wildman–Crippen MR) is 40.3 cm³/mol. The number of halogens is 1. The van der Waals surface area contributed by atoms with Crippen LogP contribution in [0.5, 0.6) is 0 Å². The van der Waals surface area contributed by atoms with Gasteiger partial charge in [-0.2, -0.15) is 4.39 Å². The third-order valence-electron chi connectivity index (χ3n) is 1.60. The molecule has 1 heterocycles. The number of pyridine rings is 1. The second-order valence-corrected chi connectivity index (χ2v) is 2.46. The third-order valence-corrected chi connectivity index (χ3v) is 1.60. The highest BCUT2D eigenvalue weighted by atomic mass is 19.1. The van der Waals surface area contributed by atoms with Gasteiger partial charge in [0.2, 0.25) is 5.95 Å². The Labute approximate surface area is 68.9 Å². The molecule has 0 aromatic carbocycles. The zero-order valence-corrected chi connectivity index (χ0v) is 6.54. The minimum Gasteiger partial charge on any atom is -0.481 e.